The second kappa shape index (κ2) is 9.04. The molecular weight excluding hydrogens is 308 g/mol. The topological polar surface area (TPSA) is 75.7 Å². The van der Waals surface area contributed by atoms with Crippen molar-refractivity contribution in [2.75, 3.05) is 20.2 Å². The number of nitrogens with one attached hydrogen (secondary N) is 1. The molecule has 0 aromatic heterocycles. The van der Waals surface area contributed by atoms with Gasteiger partial charge in [-0.25, -0.2) is 4.79 Å². The van der Waals surface area contributed by atoms with E-state index < -0.39 is 17.4 Å². The summed E-state index contributed by atoms with van der Waals surface area (Å²) in [6, 6.07) is -0.632. The van der Waals surface area contributed by atoms with Gasteiger partial charge in [0.1, 0.15) is 6.04 Å². The van der Waals surface area contributed by atoms with Crippen molar-refractivity contribution in [3.8, 4) is 0 Å². The molecule has 0 saturated carbocycles. The minimum Gasteiger partial charge on any atom is -0.467 e. The van der Waals surface area contributed by atoms with E-state index in [0.717, 1.165) is 25.9 Å². The highest BCUT2D eigenvalue weighted by Gasteiger charge is 2.30. The molecule has 6 nitrogen and oxygen atoms in total. The normalized spacial score (nSPS) is 16.2. The molecule has 1 aliphatic rings. The standard InChI is InChI=1S/C18H32N2O4/c1-13(2)10-14(17(23)24-5)19-15(21)11-18(3,4)12-16(22)20-8-6-7-9-20/h13-14H,6-12H2,1-5H3,(H,19,21). The van der Waals surface area contributed by atoms with Crippen LogP contribution in [0.5, 0.6) is 0 Å². The Bertz CT molecular complexity index is 454. The van der Waals surface area contributed by atoms with Gasteiger partial charge in [-0.2, -0.15) is 0 Å². The van der Waals surface area contributed by atoms with Crippen LogP contribution >= 0.6 is 0 Å². The fraction of sp³-hybridized carbons (Fsp3) is 0.833. The molecule has 1 saturated heterocycles. The summed E-state index contributed by atoms with van der Waals surface area (Å²) in [6.07, 6.45) is 3.20. The van der Waals surface area contributed by atoms with E-state index in [1.54, 1.807) is 0 Å². The highest BCUT2D eigenvalue weighted by molar-refractivity contribution is 5.85. The Morgan fingerprint density at radius 3 is 2.21 bits per heavy atom. The van der Waals surface area contributed by atoms with E-state index in [-0.39, 0.29) is 24.2 Å². The molecule has 1 N–H and O–H groups in total. The first kappa shape index (κ1) is 20.5. The molecule has 1 rings (SSSR count). The van der Waals surface area contributed by atoms with E-state index in [1.165, 1.54) is 7.11 Å². The summed E-state index contributed by atoms with van der Waals surface area (Å²) in [5.74, 6) is -0.274. The summed E-state index contributed by atoms with van der Waals surface area (Å²) >= 11 is 0. The van der Waals surface area contributed by atoms with Crippen LogP contribution in [0.2, 0.25) is 0 Å². The van der Waals surface area contributed by atoms with Crippen LogP contribution in [0.25, 0.3) is 0 Å². The predicted molar refractivity (Wildman–Crippen MR) is 92.2 cm³/mol. The zero-order valence-electron chi connectivity index (χ0n) is 15.7. The Balaban J connectivity index is 2.56. The number of carbonyl (C=O) groups excluding carboxylic acids is 3. The van der Waals surface area contributed by atoms with Crippen LogP contribution in [0.4, 0.5) is 0 Å². The van der Waals surface area contributed by atoms with Crippen LogP contribution in [0.1, 0.15) is 59.8 Å². The maximum atomic E-state index is 12.3. The molecule has 1 atom stereocenters. The Kier molecular flexibility index (Phi) is 7.70. The van der Waals surface area contributed by atoms with E-state index in [1.807, 2.05) is 32.6 Å². The van der Waals surface area contributed by atoms with Crippen LogP contribution in [-0.2, 0) is 19.1 Å². The molecular formula is C18H32N2O4. The molecule has 0 aliphatic carbocycles. The quantitative estimate of drug-likeness (QED) is 0.687. The fourth-order valence-corrected chi connectivity index (χ4v) is 3.06. The average Bonchev–Trinajstić information content (AvgIpc) is 2.98. The molecule has 138 valence electrons. The number of likely N-dealkylation sites (tertiary alicyclic amines) is 1. The number of hydrogen-bond donors (Lipinski definition) is 1. The Morgan fingerprint density at radius 1 is 1.12 bits per heavy atom. The maximum absolute atomic E-state index is 12.3. The maximum Gasteiger partial charge on any atom is 0.328 e. The van der Waals surface area contributed by atoms with E-state index >= 15 is 0 Å². The zero-order valence-corrected chi connectivity index (χ0v) is 15.7. The van der Waals surface area contributed by atoms with E-state index in [2.05, 4.69) is 5.32 Å². The first-order valence-corrected chi connectivity index (χ1v) is 8.79. The summed E-state index contributed by atoms with van der Waals surface area (Å²) in [4.78, 5) is 38.3. The third kappa shape index (κ3) is 6.89. The van der Waals surface area contributed by atoms with E-state index in [0.29, 0.717) is 12.8 Å². The number of amides is 2. The summed E-state index contributed by atoms with van der Waals surface area (Å²) in [5.41, 5.74) is -0.442. The van der Waals surface area contributed by atoms with Crippen molar-refractivity contribution in [1.82, 2.24) is 10.2 Å². The first-order chi connectivity index (χ1) is 11.1. The Morgan fingerprint density at radius 2 is 1.71 bits per heavy atom. The lowest BCUT2D eigenvalue weighted by Gasteiger charge is -2.27. The van der Waals surface area contributed by atoms with Crippen molar-refractivity contribution in [3.63, 3.8) is 0 Å². The van der Waals surface area contributed by atoms with Gasteiger partial charge in [0.05, 0.1) is 7.11 Å². The predicted octanol–water partition coefficient (Wildman–Crippen LogP) is 2.12. The Labute approximate surface area is 145 Å². The van der Waals surface area contributed by atoms with Gasteiger partial charge in [-0.05, 0) is 30.6 Å². The van der Waals surface area contributed by atoms with Crippen molar-refractivity contribution in [2.24, 2.45) is 11.3 Å². The van der Waals surface area contributed by atoms with Crippen molar-refractivity contribution in [3.05, 3.63) is 0 Å². The lowest BCUT2D eigenvalue weighted by Crippen LogP contribution is -2.44. The Hall–Kier alpha value is -1.59. The number of hydrogen-bond acceptors (Lipinski definition) is 4. The van der Waals surface area contributed by atoms with Crippen LogP contribution in [-0.4, -0.2) is 48.9 Å². The number of carbonyl (C=O) groups is 3. The third-order valence-electron chi connectivity index (χ3n) is 4.26. The summed E-state index contributed by atoms with van der Waals surface area (Å²) in [7, 11) is 1.32. The molecule has 0 aromatic carbocycles. The minimum absolute atomic E-state index is 0.108. The molecule has 6 heteroatoms. The van der Waals surface area contributed by atoms with Crippen molar-refractivity contribution in [1.29, 1.82) is 0 Å². The van der Waals surface area contributed by atoms with Crippen LogP contribution in [0, 0.1) is 11.3 Å². The van der Waals surface area contributed by atoms with Crippen LogP contribution in [0.3, 0.4) is 0 Å². The number of esters is 1. The van der Waals surface area contributed by atoms with Gasteiger partial charge in [0.15, 0.2) is 0 Å². The molecule has 1 unspecified atom stereocenters. The molecule has 1 fully saturated rings. The number of rotatable bonds is 8. The second-order valence-electron chi connectivity index (χ2n) is 7.88. The first-order valence-electron chi connectivity index (χ1n) is 8.79. The van der Waals surface area contributed by atoms with Crippen LogP contribution in [0.15, 0.2) is 0 Å². The van der Waals surface area contributed by atoms with Gasteiger partial charge in [0, 0.05) is 25.9 Å². The monoisotopic (exact) mass is 340 g/mol. The zero-order chi connectivity index (χ0) is 18.3. The van der Waals surface area contributed by atoms with Gasteiger partial charge in [0.2, 0.25) is 11.8 Å². The fourth-order valence-electron chi connectivity index (χ4n) is 3.06. The molecule has 0 spiro atoms. The SMILES string of the molecule is COC(=O)C(CC(C)C)NC(=O)CC(C)(C)CC(=O)N1CCCC1. The lowest BCUT2D eigenvalue weighted by atomic mass is 9.84. The van der Waals surface area contributed by atoms with E-state index in [4.69, 9.17) is 4.74 Å². The molecule has 0 bridgehead atoms. The molecule has 1 heterocycles. The van der Waals surface area contributed by atoms with Gasteiger partial charge < -0.3 is 15.0 Å². The average molecular weight is 340 g/mol. The minimum atomic E-state index is -0.632. The van der Waals surface area contributed by atoms with E-state index in [9.17, 15) is 14.4 Å². The number of ether oxygens (including phenoxy) is 1. The largest absolute Gasteiger partial charge is 0.467 e. The lowest BCUT2D eigenvalue weighted by molar-refractivity contribution is -0.146. The number of nitrogens with zero attached hydrogens (tertiary/aromatic N) is 1. The van der Waals surface area contributed by atoms with Gasteiger partial charge in [-0.1, -0.05) is 27.7 Å². The molecule has 24 heavy (non-hydrogen) atoms. The summed E-state index contributed by atoms with van der Waals surface area (Å²) < 4.78 is 4.76. The smallest absolute Gasteiger partial charge is 0.328 e. The highest BCUT2D eigenvalue weighted by Crippen LogP contribution is 2.27. The number of methoxy groups -OCH3 is 1. The second-order valence-corrected chi connectivity index (χ2v) is 7.88. The summed E-state index contributed by atoms with van der Waals surface area (Å²) in [5, 5.41) is 2.76. The third-order valence-corrected chi connectivity index (χ3v) is 4.26. The molecule has 1 aliphatic heterocycles. The van der Waals surface area contributed by atoms with Gasteiger partial charge in [-0.15, -0.1) is 0 Å². The van der Waals surface area contributed by atoms with Crippen LogP contribution < -0.4 is 5.32 Å². The van der Waals surface area contributed by atoms with Crippen molar-refractivity contribution in [2.45, 2.75) is 65.8 Å². The molecule has 2 amide bonds. The van der Waals surface area contributed by atoms with Crippen molar-refractivity contribution < 1.29 is 19.1 Å². The molecule has 0 aromatic rings. The van der Waals surface area contributed by atoms with Crippen molar-refractivity contribution >= 4 is 17.8 Å². The van der Waals surface area contributed by atoms with Gasteiger partial charge in [0.25, 0.3) is 0 Å². The highest BCUT2D eigenvalue weighted by atomic mass is 16.5. The van der Waals surface area contributed by atoms with Gasteiger partial charge >= 0.3 is 5.97 Å². The molecule has 0 radical (unpaired) electrons. The summed E-state index contributed by atoms with van der Waals surface area (Å²) in [6.45, 7) is 9.44. The van der Waals surface area contributed by atoms with Gasteiger partial charge in [-0.3, -0.25) is 9.59 Å².